The molecule has 0 aromatic heterocycles. The smallest absolute Gasteiger partial charge is 0.281 e. The summed E-state index contributed by atoms with van der Waals surface area (Å²) in [5.41, 5.74) is 1.20. The summed E-state index contributed by atoms with van der Waals surface area (Å²) in [6.45, 7) is 0. The van der Waals surface area contributed by atoms with Crippen LogP contribution in [0.1, 0.15) is 16.7 Å². The third-order valence-electron chi connectivity index (χ3n) is 4.47. The highest BCUT2D eigenvalue weighted by Gasteiger charge is 2.40. The van der Waals surface area contributed by atoms with Gasteiger partial charge in [-0.1, -0.05) is 53.5 Å². The number of phenolic OH excluding ortho intramolecular Hbond substituents is 1. The van der Waals surface area contributed by atoms with Crippen LogP contribution in [0.4, 0.5) is 0 Å². The molecule has 30 heavy (non-hydrogen) atoms. The molecule has 0 radical (unpaired) electrons. The molecule has 6 nitrogen and oxygen atoms in total. The summed E-state index contributed by atoms with van der Waals surface area (Å²) in [7, 11) is 1.43. The number of nitrogens with zero attached hydrogens (tertiary/aromatic N) is 1. The Hall–Kier alpha value is -3.06. The number of hydrazone groups is 1. The molecule has 3 rings (SSSR count). The fourth-order valence-corrected chi connectivity index (χ4v) is 3.11. The van der Waals surface area contributed by atoms with Crippen molar-refractivity contribution in [1.29, 1.82) is 0 Å². The van der Waals surface area contributed by atoms with Crippen LogP contribution in [0.2, 0.25) is 10.0 Å². The first-order valence-corrected chi connectivity index (χ1v) is 9.55. The van der Waals surface area contributed by atoms with Gasteiger partial charge in [-0.15, -0.1) is 0 Å². The van der Waals surface area contributed by atoms with Crippen LogP contribution >= 0.6 is 23.2 Å². The second-order valence-electron chi connectivity index (χ2n) is 6.32. The molecule has 0 aliphatic heterocycles. The van der Waals surface area contributed by atoms with E-state index < -0.39 is 11.5 Å². The molecule has 8 heteroatoms. The van der Waals surface area contributed by atoms with Crippen molar-refractivity contribution in [3.05, 3.63) is 93.5 Å². The minimum Gasteiger partial charge on any atom is -0.504 e. The summed E-state index contributed by atoms with van der Waals surface area (Å²) in [6.07, 6.45) is 1.25. The summed E-state index contributed by atoms with van der Waals surface area (Å²) in [5, 5.41) is 26.3. The first-order chi connectivity index (χ1) is 14.4. The van der Waals surface area contributed by atoms with Crippen molar-refractivity contribution in [2.24, 2.45) is 5.10 Å². The highest BCUT2D eigenvalue weighted by Crippen LogP contribution is 2.32. The van der Waals surface area contributed by atoms with Gasteiger partial charge in [0.15, 0.2) is 17.1 Å². The highest BCUT2D eigenvalue weighted by atomic mass is 35.5. The minimum absolute atomic E-state index is 0.122. The number of phenols is 1. The Morgan fingerprint density at radius 3 is 2.03 bits per heavy atom. The number of halogens is 2. The van der Waals surface area contributed by atoms with E-state index in [4.69, 9.17) is 27.9 Å². The number of ether oxygens (including phenoxy) is 1. The lowest BCUT2D eigenvalue weighted by Gasteiger charge is -2.27. The van der Waals surface area contributed by atoms with Crippen LogP contribution in [0.15, 0.2) is 71.8 Å². The van der Waals surface area contributed by atoms with Crippen molar-refractivity contribution in [3.63, 3.8) is 0 Å². The molecule has 0 unspecified atom stereocenters. The maximum absolute atomic E-state index is 13.0. The Bertz CT molecular complexity index is 1020. The predicted molar refractivity (Wildman–Crippen MR) is 116 cm³/mol. The first-order valence-electron chi connectivity index (χ1n) is 8.80. The third kappa shape index (κ3) is 4.41. The number of nitrogens with one attached hydrogen (secondary N) is 1. The number of aromatic hydroxyl groups is 1. The Balaban J connectivity index is 1.93. The quantitative estimate of drug-likeness (QED) is 0.394. The molecule has 0 saturated heterocycles. The number of hydrogen-bond acceptors (Lipinski definition) is 5. The zero-order chi connectivity index (χ0) is 21.7. The van der Waals surface area contributed by atoms with Gasteiger partial charge in [0.1, 0.15) is 0 Å². The monoisotopic (exact) mass is 444 g/mol. The SMILES string of the molecule is COc1cccc(/C=N\NC(=O)C(O)(c2ccc(Cl)cc2)c2ccc(Cl)cc2)c1O. The van der Waals surface area contributed by atoms with Crippen molar-refractivity contribution in [2.75, 3.05) is 7.11 Å². The van der Waals surface area contributed by atoms with Gasteiger partial charge in [-0.3, -0.25) is 4.79 Å². The number of rotatable bonds is 6. The molecule has 0 fully saturated rings. The molecule has 0 saturated carbocycles. The van der Waals surface area contributed by atoms with Gasteiger partial charge in [0.05, 0.1) is 13.3 Å². The molecular formula is C22H18Cl2N2O4. The number of methoxy groups -OCH3 is 1. The van der Waals surface area contributed by atoms with E-state index in [2.05, 4.69) is 10.5 Å². The number of benzene rings is 3. The number of amides is 1. The lowest BCUT2D eigenvalue weighted by atomic mass is 9.85. The Morgan fingerprint density at radius 2 is 1.53 bits per heavy atom. The van der Waals surface area contributed by atoms with Crippen LogP contribution in [0.25, 0.3) is 0 Å². The highest BCUT2D eigenvalue weighted by molar-refractivity contribution is 6.30. The van der Waals surface area contributed by atoms with E-state index in [9.17, 15) is 15.0 Å². The predicted octanol–water partition coefficient (Wildman–Crippen LogP) is 4.09. The van der Waals surface area contributed by atoms with Gasteiger partial charge in [-0.25, -0.2) is 5.43 Å². The Kier molecular flexibility index (Phi) is 6.62. The van der Waals surface area contributed by atoms with Crippen LogP contribution in [-0.4, -0.2) is 29.4 Å². The van der Waals surface area contributed by atoms with Crippen molar-refractivity contribution < 1.29 is 19.7 Å². The lowest BCUT2D eigenvalue weighted by molar-refractivity contribution is -0.136. The first kappa shape index (κ1) is 21.6. The lowest BCUT2D eigenvalue weighted by Crippen LogP contribution is -2.43. The average Bonchev–Trinajstić information content (AvgIpc) is 2.75. The standard InChI is InChI=1S/C22H18Cl2N2O4/c1-30-19-4-2-3-14(20(19)27)13-25-26-21(28)22(29,15-5-9-17(23)10-6-15)16-7-11-18(24)12-8-16/h2-13,27,29H,1H3,(H,26,28)/b25-13-. The van der Waals surface area contributed by atoms with E-state index in [0.29, 0.717) is 26.7 Å². The van der Waals surface area contributed by atoms with E-state index in [1.807, 2.05) is 0 Å². The largest absolute Gasteiger partial charge is 0.504 e. The van der Waals surface area contributed by atoms with Gasteiger partial charge in [0, 0.05) is 15.6 Å². The van der Waals surface area contributed by atoms with Crippen molar-refractivity contribution in [3.8, 4) is 11.5 Å². The summed E-state index contributed by atoms with van der Waals surface area (Å²) in [4.78, 5) is 13.0. The van der Waals surface area contributed by atoms with Crippen LogP contribution in [0, 0.1) is 0 Å². The molecule has 0 aliphatic carbocycles. The molecule has 3 N–H and O–H groups in total. The molecule has 1 amide bonds. The third-order valence-corrected chi connectivity index (χ3v) is 4.98. The molecule has 3 aromatic rings. The fraction of sp³-hybridized carbons (Fsp3) is 0.0909. The number of aliphatic hydroxyl groups is 1. The van der Waals surface area contributed by atoms with E-state index in [1.54, 1.807) is 66.7 Å². The molecule has 0 bridgehead atoms. The van der Waals surface area contributed by atoms with Crippen LogP contribution < -0.4 is 10.2 Å². The van der Waals surface area contributed by atoms with Crippen LogP contribution in [-0.2, 0) is 10.4 Å². The second-order valence-corrected chi connectivity index (χ2v) is 7.19. The van der Waals surface area contributed by atoms with Gasteiger partial charge < -0.3 is 14.9 Å². The Labute approximate surface area is 183 Å². The maximum atomic E-state index is 13.0. The number of carbonyl (C=O) groups excluding carboxylic acids is 1. The molecule has 0 atom stereocenters. The number of carbonyl (C=O) groups is 1. The van der Waals surface area contributed by atoms with E-state index in [0.717, 1.165) is 0 Å². The van der Waals surface area contributed by atoms with E-state index >= 15 is 0 Å². The average molecular weight is 445 g/mol. The van der Waals surface area contributed by atoms with Crippen molar-refractivity contribution in [2.45, 2.75) is 5.60 Å². The number of para-hydroxylation sites is 1. The number of hydrogen-bond donors (Lipinski definition) is 3. The van der Waals surface area contributed by atoms with Gasteiger partial charge >= 0.3 is 0 Å². The summed E-state index contributed by atoms with van der Waals surface area (Å²) >= 11 is 11.9. The summed E-state index contributed by atoms with van der Waals surface area (Å²) in [6, 6.07) is 17.3. The molecule has 0 heterocycles. The molecule has 3 aromatic carbocycles. The van der Waals surface area contributed by atoms with Crippen molar-refractivity contribution >= 4 is 35.3 Å². The van der Waals surface area contributed by atoms with Crippen LogP contribution in [0.5, 0.6) is 11.5 Å². The Morgan fingerprint density at radius 1 is 1.00 bits per heavy atom. The minimum atomic E-state index is -2.05. The second kappa shape index (κ2) is 9.17. The zero-order valence-electron chi connectivity index (χ0n) is 15.8. The zero-order valence-corrected chi connectivity index (χ0v) is 17.4. The van der Waals surface area contributed by atoms with E-state index in [1.165, 1.54) is 13.3 Å². The summed E-state index contributed by atoms with van der Waals surface area (Å²) < 4.78 is 5.04. The van der Waals surface area contributed by atoms with Crippen LogP contribution in [0.3, 0.4) is 0 Å². The molecule has 0 aliphatic rings. The van der Waals surface area contributed by atoms with Gasteiger partial charge in [0.2, 0.25) is 0 Å². The van der Waals surface area contributed by atoms with Gasteiger partial charge in [-0.05, 0) is 47.5 Å². The molecule has 154 valence electrons. The van der Waals surface area contributed by atoms with Gasteiger partial charge in [0.25, 0.3) is 5.91 Å². The maximum Gasteiger partial charge on any atom is 0.281 e. The van der Waals surface area contributed by atoms with E-state index in [-0.39, 0.29) is 11.5 Å². The molecule has 0 spiro atoms. The molecular weight excluding hydrogens is 427 g/mol. The topological polar surface area (TPSA) is 91.2 Å². The van der Waals surface area contributed by atoms with Gasteiger partial charge in [-0.2, -0.15) is 5.10 Å². The fourth-order valence-electron chi connectivity index (χ4n) is 2.86. The normalized spacial score (nSPS) is 11.5. The summed E-state index contributed by atoms with van der Waals surface area (Å²) in [5.74, 6) is -0.654. The van der Waals surface area contributed by atoms with Crippen molar-refractivity contribution in [1.82, 2.24) is 5.43 Å².